The fourth-order valence-corrected chi connectivity index (χ4v) is 1.75. The monoisotopic (exact) mass is 333 g/mol. The summed E-state index contributed by atoms with van der Waals surface area (Å²) >= 11 is 0. The standard InChI is InChI=1S/C10H16BNO2.Ce/c1-8(13)7-12-11-10(14)9-5-3-2-4-6-9;/h7,9,12H,2-6H2,1H3;/q-1;. The van der Waals surface area contributed by atoms with Crippen LogP contribution < -0.4 is 5.23 Å². The minimum absolute atomic E-state index is 0. The van der Waals surface area contributed by atoms with Crippen LogP contribution in [0.3, 0.4) is 0 Å². The Morgan fingerprint density at radius 1 is 1.27 bits per heavy atom. The zero-order valence-electron chi connectivity index (χ0n) is 9.08. The number of nitrogens with one attached hydrogen (secondary N) is 1. The summed E-state index contributed by atoms with van der Waals surface area (Å²) in [7, 11) is 1.41. The molecule has 0 aromatic heterocycles. The van der Waals surface area contributed by atoms with Gasteiger partial charge >= 0.3 is 0 Å². The third kappa shape index (κ3) is 6.71. The van der Waals surface area contributed by atoms with Crippen molar-refractivity contribution in [3.05, 3.63) is 6.54 Å². The van der Waals surface area contributed by atoms with Crippen LogP contribution in [0.1, 0.15) is 39.0 Å². The first-order valence-corrected chi connectivity index (χ1v) is 5.17. The predicted octanol–water partition coefficient (Wildman–Crippen LogP) is 1.05. The van der Waals surface area contributed by atoms with Gasteiger partial charge in [-0.05, 0) is 19.8 Å². The molecule has 81 valence electrons. The first kappa shape index (κ1) is 15.6. The van der Waals surface area contributed by atoms with E-state index in [1.807, 2.05) is 0 Å². The molecule has 3 nitrogen and oxygen atoms in total. The Hall–Kier alpha value is 0.612. The van der Waals surface area contributed by atoms with Crippen LogP contribution in [-0.2, 0) is 9.59 Å². The molecule has 0 heterocycles. The molecule has 1 N–H and O–H groups in total. The summed E-state index contributed by atoms with van der Waals surface area (Å²) in [4.78, 5) is 22.1. The number of ketones is 1. The van der Waals surface area contributed by atoms with Crippen LogP contribution in [0, 0.1) is 54.2 Å². The Bertz CT molecular complexity index is 217. The van der Waals surface area contributed by atoms with E-state index >= 15 is 0 Å². The quantitative estimate of drug-likeness (QED) is 0.604. The SMILES string of the molecule is CC(=O)[CH-]N[B]C(=O)C1CCCCC1.[Ce]. The fourth-order valence-electron chi connectivity index (χ4n) is 1.75. The van der Waals surface area contributed by atoms with Gasteiger partial charge in [-0.25, -0.2) is 0 Å². The van der Waals surface area contributed by atoms with Crippen LogP contribution >= 0.6 is 0 Å². The zero-order chi connectivity index (χ0) is 10.4. The number of hydrogen-bond donors (Lipinski definition) is 1. The van der Waals surface area contributed by atoms with Crippen molar-refractivity contribution in [2.24, 2.45) is 5.92 Å². The third-order valence-electron chi connectivity index (χ3n) is 2.52. The van der Waals surface area contributed by atoms with Gasteiger partial charge in [0.05, 0.1) is 0 Å². The Morgan fingerprint density at radius 3 is 2.40 bits per heavy atom. The molecular weight excluding hydrogens is 317 g/mol. The van der Waals surface area contributed by atoms with Crippen LogP contribution in [0.4, 0.5) is 0 Å². The topological polar surface area (TPSA) is 46.2 Å². The van der Waals surface area contributed by atoms with E-state index in [1.54, 1.807) is 0 Å². The average Bonchev–Trinajstić information content (AvgIpc) is 2.18. The van der Waals surface area contributed by atoms with Crippen LogP contribution in [0.5, 0.6) is 0 Å². The molecule has 1 radical (unpaired) electrons. The molecular formula is C10H16BCeNO2-. The minimum Gasteiger partial charge on any atom is -0.487 e. The van der Waals surface area contributed by atoms with E-state index < -0.39 is 0 Å². The van der Waals surface area contributed by atoms with Crippen molar-refractivity contribution < 1.29 is 51.3 Å². The first-order chi connectivity index (χ1) is 6.70. The van der Waals surface area contributed by atoms with Gasteiger partial charge in [0.1, 0.15) is 5.68 Å². The summed E-state index contributed by atoms with van der Waals surface area (Å²) in [6.45, 7) is 2.76. The van der Waals surface area contributed by atoms with E-state index in [1.165, 1.54) is 27.3 Å². The number of carbonyl (C=O) groups is 2. The van der Waals surface area contributed by atoms with Crippen molar-refractivity contribution in [1.82, 2.24) is 5.23 Å². The van der Waals surface area contributed by atoms with Crippen LogP contribution in [-0.4, -0.2) is 18.9 Å². The summed E-state index contributed by atoms with van der Waals surface area (Å²) < 4.78 is 0. The van der Waals surface area contributed by atoms with Gasteiger partial charge < -0.3 is 14.8 Å². The number of rotatable bonds is 5. The van der Waals surface area contributed by atoms with Gasteiger partial charge in [0.15, 0.2) is 0 Å². The van der Waals surface area contributed by atoms with E-state index in [0.717, 1.165) is 25.7 Å². The molecule has 0 aromatic rings. The van der Waals surface area contributed by atoms with E-state index in [9.17, 15) is 9.59 Å². The number of carbonyl (C=O) groups excluding carboxylic acids is 2. The Balaban J connectivity index is 0.00000196. The van der Waals surface area contributed by atoms with E-state index in [-0.39, 0.29) is 59.1 Å². The van der Waals surface area contributed by atoms with Crippen molar-refractivity contribution >= 4 is 18.9 Å². The molecule has 1 saturated carbocycles. The zero-order valence-corrected chi connectivity index (χ0v) is 12.2. The van der Waals surface area contributed by atoms with Crippen molar-refractivity contribution in [3.8, 4) is 0 Å². The Kier molecular flexibility index (Phi) is 9.08. The van der Waals surface area contributed by atoms with Crippen LogP contribution in [0.25, 0.3) is 0 Å². The second-order valence-corrected chi connectivity index (χ2v) is 3.80. The molecule has 0 aliphatic heterocycles. The maximum atomic E-state index is 11.5. The molecule has 5 heteroatoms. The van der Waals surface area contributed by atoms with Gasteiger partial charge in [-0.1, -0.05) is 19.3 Å². The first-order valence-electron chi connectivity index (χ1n) is 5.17. The smallest absolute Gasteiger partial charge is 0.267 e. The van der Waals surface area contributed by atoms with Crippen LogP contribution in [0.2, 0.25) is 0 Å². The van der Waals surface area contributed by atoms with Crippen LogP contribution in [0.15, 0.2) is 0 Å². The summed E-state index contributed by atoms with van der Waals surface area (Å²) in [6, 6.07) is 0. The molecule has 0 bridgehead atoms. The Labute approximate surface area is 126 Å². The van der Waals surface area contributed by atoms with E-state index in [4.69, 9.17) is 0 Å². The van der Waals surface area contributed by atoms with Gasteiger partial charge in [0.25, 0.3) is 7.41 Å². The minimum atomic E-state index is -0.0716. The second-order valence-electron chi connectivity index (χ2n) is 3.80. The average molecular weight is 333 g/mol. The molecule has 1 aliphatic carbocycles. The maximum Gasteiger partial charge on any atom is 0.267 e. The van der Waals surface area contributed by atoms with Crippen molar-refractivity contribution in [3.63, 3.8) is 0 Å². The molecule has 0 spiro atoms. The molecule has 1 fully saturated rings. The maximum absolute atomic E-state index is 11.5. The molecule has 0 atom stereocenters. The summed E-state index contributed by atoms with van der Waals surface area (Å²) in [5.74, 6) is 0.106. The molecule has 0 aromatic carbocycles. The van der Waals surface area contributed by atoms with E-state index in [2.05, 4.69) is 5.23 Å². The fraction of sp³-hybridized carbons (Fsp3) is 0.700. The summed E-state index contributed by atoms with van der Waals surface area (Å²) in [5.41, 5.74) is 0.127. The molecule has 15 heavy (non-hydrogen) atoms. The van der Waals surface area contributed by atoms with Crippen molar-refractivity contribution in [1.29, 1.82) is 0 Å². The van der Waals surface area contributed by atoms with Crippen molar-refractivity contribution in [2.75, 3.05) is 0 Å². The van der Waals surface area contributed by atoms with Gasteiger partial charge in [-0.15, -0.1) is 0 Å². The largest absolute Gasteiger partial charge is 0.487 e. The second kappa shape index (κ2) is 8.73. The van der Waals surface area contributed by atoms with Gasteiger partial charge in [0.2, 0.25) is 0 Å². The third-order valence-corrected chi connectivity index (χ3v) is 2.52. The van der Waals surface area contributed by atoms with E-state index in [0.29, 0.717) is 0 Å². The normalized spacial score (nSPS) is 16.3. The molecule has 0 unspecified atom stereocenters. The van der Waals surface area contributed by atoms with Crippen molar-refractivity contribution in [2.45, 2.75) is 39.0 Å². The summed E-state index contributed by atoms with van der Waals surface area (Å²) in [6.07, 6.45) is 5.55. The predicted molar refractivity (Wildman–Crippen MR) is 55.5 cm³/mol. The van der Waals surface area contributed by atoms with Gasteiger partial charge in [-0.3, -0.25) is 6.54 Å². The number of hydrogen-bond acceptors (Lipinski definition) is 3. The van der Waals surface area contributed by atoms with Gasteiger partial charge in [0, 0.05) is 53.4 Å². The number of Topliss-reactive ketones (excluding diaryl/α,β-unsaturated/α-hetero) is 1. The summed E-state index contributed by atoms with van der Waals surface area (Å²) in [5, 5.41) is 2.63. The molecule has 1 rings (SSSR count). The Morgan fingerprint density at radius 2 is 1.87 bits per heavy atom. The molecule has 0 saturated heterocycles. The molecule has 0 amide bonds. The molecule has 1 aliphatic rings. The van der Waals surface area contributed by atoms with Gasteiger partial charge in [-0.2, -0.15) is 0 Å².